The highest BCUT2D eigenvalue weighted by molar-refractivity contribution is 9.10. The van der Waals surface area contributed by atoms with Gasteiger partial charge >= 0.3 is 0 Å². The summed E-state index contributed by atoms with van der Waals surface area (Å²) in [6.45, 7) is 17.5. The lowest BCUT2D eigenvalue weighted by molar-refractivity contribution is 0.107. The smallest absolute Gasteiger partial charge is 0.191 e. The Morgan fingerprint density at radius 2 is 2.00 bits per heavy atom. The highest BCUT2D eigenvalue weighted by Gasteiger charge is 2.37. The van der Waals surface area contributed by atoms with Crippen molar-refractivity contribution in [2.45, 2.75) is 58.4 Å². The third-order valence-corrected chi connectivity index (χ3v) is 10.5. The molecule has 0 amide bonds. The minimum atomic E-state index is -1.80. The van der Waals surface area contributed by atoms with E-state index >= 15 is 0 Å². The fraction of sp³-hybridized carbons (Fsp3) is 0.632. The topological polar surface area (TPSA) is 51.6 Å². The molecule has 2 atom stereocenters. The normalized spacial score (nSPS) is 14.9. The fourth-order valence-electron chi connectivity index (χ4n) is 2.32. The third-order valence-electron chi connectivity index (χ3n) is 5.16. The minimum absolute atomic E-state index is 0.147. The number of methoxy groups -OCH3 is 1. The van der Waals surface area contributed by atoms with Crippen LogP contribution in [-0.2, 0) is 4.43 Å². The molecule has 4 nitrogen and oxygen atoms in total. The summed E-state index contributed by atoms with van der Waals surface area (Å²) in [5.41, 5.74) is 1.47. The Labute approximate surface area is 161 Å². The maximum Gasteiger partial charge on any atom is 0.191 e. The lowest BCUT2D eigenvalue weighted by Gasteiger charge is -2.36. The summed E-state index contributed by atoms with van der Waals surface area (Å²) in [7, 11) is -0.202. The molecule has 142 valence electrons. The summed E-state index contributed by atoms with van der Waals surface area (Å²) >= 11 is 3.45. The van der Waals surface area contributed by atoms with Crippen LogP contribution >= 0.6 is 15.9 Å². The van der Waals surface area contributed by atoms with E-state index in [1.54, 1.807) is 19.4 Å². The molecule has 1 heterocycles. The van der Waals surface area contributed by atoms with Gasteiger partial charge in [-0.2, -0.15) is 0 Å². The number of aromatic nitrogens is 1. The van der Waals surface area contributed by atoms with Crippen molar-refractivity contribution in [1.82, 2.24) is 4.98 Å². The summed E-state index contributed by atoms with van der Waals surface area (Å²) in [6.07, 6.45) is 3.39. The lowest BCUT2D eigenvalue weighted by atomic mass is 9.95. The van der Waals surface area contributed by atoms with Crippen LogP contribution in [0.5, 0.6) is 5.75 Å². The van der Waals surface area contributed by atoms with Gasteiger partial charge in [-0.05, 0) is 47.4 Å². The number of hydrogen-bond acceptors (Lipinski definition) is 4. The Kier molecular flexibility index (Phi) is 7.86. The molecule has 0 aliphatic heterocycles. The molecule has 0 saturated heterocycles. The molecule has 0 radical (unpaired) electrons. The monoisotopic (exact) mass is 429 g/mol. The van der Waals surface area contributed by atoms with Gasteiger partial charge < -0.3 is 14.3 Å². The molecule has 0 aliphatic rings. The van der Waals surface area contributed by atoms with Gasteiger partial charge in [-0.3, -0.25) is 4.98 Å². The average Bonchev–Trinajstić information content (AvgIpc) is 2.52. The van der Waals surface area contributed by atoms with E-state index in [9.17, 15) is 5.11 Å². The summed E-state index contributed by atoms with van der Waals surface area (Å²) in [5.74, 6) is 0.464. The van der Waals surface area contributed by atoms with E-state index in [1.807, 2.05) is 6.92 Å². The largest absolute Gasteiger partial charge is 0.494 e. The average molecular weight is 430 g/mol. The van der Waals surface area contributed by atoms with Gasteiger partial charge in [-0.15, -0.1) is 6.58 Å². The van der Waals surface area contributed by atoms with Crippen molar-refractivity contribution in [3.63, 3.8) is 0 Å². The fourth-order valence-corrected chi connectivity index (χ4v) is 3.67. The Morgan fingerprint density at radius 1 is 1.40 bits per heavy atom. The van der Waals surface area contributed by atoms with Gasteiger partial charge in [0, 0.05) is 28.8 Å². The Balaban J connectivity index is 2.88. The van der Waals surface area contributed by atoms with E-state index in [1.165, 1.54) is 0 Å². The number of hydrogen-bond donors (Lipinski definition) is 1. The van der Waals surface area contributed by atoms with E-state index in [4.69, 9.17) is 9.16 Å². The second-order valence-corrected chi connectivity index (χ2v) is 13.6. The van der Waals surface area contributed by atoms with E-state index in [0.29, 0.717) is 24.5 Å². The molecule has 0 saturated carbocycles. The number of aliphatic hydroxyl groups excluding tert-OH is 1. The maximum absolute atomic E-state index is 10.8. The SMILES string of the molecule is C=CC(CCO[Si](C)(C)C(C)(C)C)C(O)c1ncc(Br)c(C)c1OC. The molecule has 6 heteroatoms. The first kappa shape index (κ1) is 22.3. The highest BCUT2D eigenvalue weighted by Crippen LogP contribution is 2.38. The first-order valence-electron chi connectivity index (χ1n) is 8.59. The third kappa shape index (κ3) is 5.39. The molecule has 1 aromatic rings. The summed E-state index contributed by atoms with van der Waals surface area (Å²) in [6, 6.07) is 0. The minimum Gasteiger partial charge on any atom is -0.494 e. The van der Waals surface area contributed by atoms with Crippen LogP contribution in [0, 0.1) is 12.8 Å². The van der Waals surface area contributed by atoms with Gasteiger partial charge in [0.05, 0.1) is 7.11 Å². The zero-order valence-corrected chi connectivity index (χ0v) is 19.1. The summed E-state index contributed by atoms with van der Waals surface area (Å²) < 4.78 is 12.6. The van der Waals surface area contributed by atoms with E-state index in [2.05, 4.69) is 61.4 Å². The molecule has 1 rings (SSSR count). The molecule has 0 fully saturated rings. The lowest BCUT2D eigenvalue weighted by Crippen LogP contribution is -2.41. The molecule has 1 N–H and O–H groups in total. The number of aliphatic hydroxyl groups is 1. The first-order chi connectivity index (χ1) is 11.5. The van der Waals surface area contributed by atoms with E-state index in [-0.39, 0.29) is 11.0 Å². The van der Waals surface area contributed by atoms with Gasteiger partial charge in [0.2, 0.25) is 0 Å². The predicted molar refractivity (Wildman–Crippen MR) is 110 cm³/mol. The van der Waals surface area contributed by atoms with Gasteiger partial charge in [-0.25, -0.2) is 0 Å². The number of rotatable bonds is 8. The van der Waals surface area contributed by atoms with Gasteiger partial charge in [0.25, 0.3) is 0 Å². The van der Waals surface area contributed by atoms with Crippen molar-refractivity contribution >= 4 is 24.2 Å². The van der Waals surface area contributed by atoms with Crippen LogP contribution in [-0.4, -0.2) is 32.1 Å². The molecule has 0 aliphatic carbocycles. The van der Waals surface area contributed by atoms with Crippen molar-refractivity contribution in [3.05, 3.63) is 34.6 Å². The van der Waals surface area contributed by atoms with Gasteiger partial charge in [-0.1, -0.05) is 26.8 Å². The summed E-state index contributed by atoms with van der Waals surface area (Å²) in [4.78, 5) is 4.37. The molecule has 1 aromatic heterocycles. The van der Waals surface area contributed by atoms with Crippen LogP contribution in [0.2, 0.25) is 18.1 Å². The highest BCUT2D eigenvalue weighted by atomic mass is 79.9. The van der Waals surface area contributed by atoms with E-state index in [0.717, 1.165) is 10.0 Å². The number of nitrogens with zero attached hydrogens (tertiary/aromatic N) is 1. The van der Waals surface area contributed by atoms with Crippen molar-refractivity contribution in [2.75, 3.05) is 13.7 Å². The Hall–Kier alpha value is -0.693. The van der Waals surface area contributed by atoms with Crippen LogP contribution in [0.15, 0.2) is 23.3 Å². The van der Waals surface area contributed by atoms with Crippen LogP contribution < -0.4 is 4.74 Å². The van der Waals surface area contributed by atoms with E-state index < -0.39 is 14.4 Å². The molecule has 2 unspecified atom stereocenters. The first-order valence-corrected chi connectivity index (χ1v) is 12.3. The molecule has 0 bridgehead atoms. The van der Waals surface area contributed by atoms with Crippen LogP contribution in [0.25, 0.3) is 0 Å². The zero-order valence-electron chi connectivity index (χ0n) is 16.5. The van der Waals surface area contributed by atoms with Gasteiger partial charge in [0.1, 0.15) is 17.5 Å². The Morgan fingerprint density at radius 3 is 2.48 bits per heavy atom. The molecule has 0 aromatic carbocycles. The molecule has 25 heavy (non-hydrogen) atoms. The van der Waals surface area contributed by atoms with Crippen LogP contribution in [0.4, 0.5) is 0 Å². The van der Waals surface area contributed by atoms with Gasteiger partial charge in [0.15, 0.2) is 8.32 Å². The second-order valence-electron chi connectivity index (χ2n) is 7.89. The standard InChI is InChI=1S/C19H32BrNO3Si/c1-9-14(10-11-24-25(7,8)19(3,4)5)17(22)16-18(23-6)13(2)15(20)12-21-16/h9,12,14,17,22H,1,10-11H2,2-8H3. The summed E-state index contributed by atoms with van der Waals surface area (Å²) in [5, 5.41) is 11.0. The van der Waals surface area contributed by atoms with Crippen molar-refractivity contribution in [3.8, 4) is 5.75 Å². The molecular weight excluding hydrogens is 398 g/mol. The van der Waals surface area contributed by atoms with Crippen molar-refractivity contribution < 1.29 is 14.3 Å². The van der Waals surface area contributed by atoms with Crippen LogP contribution in [0.3, 0.4) is 0 Å². The quantitative estimate of drug-likeness (QED) is 0.443. The number of ether oxygens (including phenoxy) is 1. The number of pyridine rings is 1. The maximum atomic E-state index is 10.8. The number of halogens is 1. The van der Waals surface area contributed by atoms with Crippen molar-refractivity contribution in [1.29, 1.82) is 0 Å². The molecule has 0 spiro atoms. The Bertz CT molecular complexity index is 599. The van der Waals surface area contributed by atoms with Crippen LogP contribution in [0.1, 0.15) is 44.6 Å². The predicted octanol–water partition coefficient (Wildman–Crippen LogP) is 5.41. The molecular formula is C19H32BrNO3Si. The van der Waals surface area contributed by atoms with Crippen molar-refractivity contribution in [2.24, 2.45) is 5.92 Å². The second kappa shape index (κ2) is 8.80. The zero-order chi connectivity index (χ0) is 19.4.